The molecule has 1 N–H and O–H groups in total. The molecule has 0 radical (unpaired) electrons. The first-order valence-electron chi connectivity index (χ1n) is 6.39. The van der Waals surface area contributed by atoms with Crippen LogP contribution in [-0.4, -0.2) is 36.3 Å². The van der Waals surface area contributed by atoms with Crippen molar-refractivity contribution in [2.45, 2.75) is 19.3 Å². The van der Waals surface area contributed by atoms with Gasteiger partial charge in [-0.1, -0.05) is 0 Å². The average molecular weight is 327 g/mol. The monoisotopic (exact) mass is 326 g/mol. The van der Waals surface area contributed by atoms with E-state index in [-0.39, 0.29) is 17.2 Å². The number of hydrogen-bond acceptors (Lipinski definition) is 3. The lowest BCUT2D eigenvalue weighted by Gasteiger charge is -2.38. The molecule has 1 aromatic heterocycles. The maximum Gasteiger partial charge on any atom is 0.258 e. The van der Waals surface area contributed by atoms with Gasteiger partial charge in [0.2, 0.25) is 5.91 Å². The first-order chi connectivity index (χ1) is 9.10. The molecule has 2 saturated heterocycles. The van der Waals surface area contributed by atoms with Gasteiger partial charge in [-0.05, 0) is 40.3 Å². The van der Waals surface area contributed by atoms with Gasteiger partial charge in [-0.2, -0.15) is 0 Å². The molecule has 0 unspecified atom stereocenters. The summed E-state index contributed by atoms with van der Waals surface area (Å²) in [6, 6.07) is 1.68. The minimum Gasteiger partial charge on any atom is -0.457 e. The third-order valence-corrected chi connectivity index (χ3v) is 4.77. The molecule has 0 atom stereocenters. The minimum absolute atomic E-state index is 0.00671. The van der Waals surface area contributed by atoms with Crippen LogP contribution in [-0.2, 0) is 4.79 Å². The molecule has 2 aliphatic heterocycles. The van der Waals surface area contributed by atoms with Gasteiger partial charge in [-0.3, -0.25) is 9.59 Å². The number of nitrogens with zero attached hydrogens (tertiary/aromatic N) is 1. The van der Waals surface area contributed by atoms with Gasteiger partial charge < -0.3 is 14.6 Å². The Labute approximate surface area is 119 Å². The minimum atomic E-state index is -0.00671. The largest absolute Gasteiger partial charge is 0.457 e. The fraction of sp³-hybridized carbons (Fsp3) is 0.538. The van der Waals surface area contributed by atoms with Crippen molar-refractivity contribution in [2.75, 3.05) is 19.6 Å². The second-order valence-electron chi connectivity index (χ2n) is 5.35. The van der Waals surface area contributed by atoms with Crippen LogP contribution in [0.3, 0.4) is 0 Å². The Balaban J connectivity index is 1.66. The number of nitrogens with one attached hydrogen (secondary N) is 1. The van der Waals surface area contributed by atoms with Crippen molar-refractivity contribution in [3.05, 3.63) is 22.6 Å². The van der Waals surface area contributed by atoms with Crippen LogP contribution in [0.15, 0.2) is 21.4 Å². The molecule has 0 aliphatic carbocycles. The van der Waals surface area contributed by atoms with Crippen LogP contribution in [0.5, 0.6) is 0 Å². The number of hydrogen-bond donors (Lipinski definition) is 1. The lowest BCUT2D eigenvalue weighted by Crippen LogP contribution is -2.44. The molecule has 3 heterocycles. The SMILES string of the molecule is O=C1CC2(CCN(C(=O)c3ccoc3Br)CC2)CN1. The van der Waals surface area contributed by atoms with E-state index < -0.39 is 0 Å². The third kappa shape index (κ3) is 2.29. The van der Waals surface area contributed by atoms with Gasteiger partial charge in [0.1, 0.15) is 0 Å². The maximum atomic E-state index is 12.3. The number of piperidine rings is 1. The van der Waals surface area contributed by atoms with Gasteiger partial charge in [0, 0.05) is 26.1 Å². The molecule has 1 aromatic rings. The van der Waals surface area contributed by atoms with Gasteiger partial charge in [-0.25, -0.2) is 0 Å². The maximum absolute atomic E-state index is 12.3. The molecule has 1 spiro atoms. The molecule has 0 bridgehead atoms. The highest BCUT2D eigenvalue weighted by molar-refractivity contribution is 9.10. The molecule has 5 nitrogen and oxygen atoms in total. The van der Waals surface area contributed by atoms with Gasteiger partial charge in [-0.15, -0.1) is 0 Å². The Hall–Kier alpha value is -1.30. The highest BCUT2D eigenvalue weighted by Crippen LogP contribution is 2.38. The smallest absolute Gasteiger partial charge is 0.258 e. The van der Waals surface area contributed by atoms with Crippen molar-refractivity contribution >= 4 is 27.7 Å². The van der Waals surface area contributed by atoms with Crippen molar-refractivity contribution in [3.8, 4) is 0 Å². The lowest BCUT2D eigenvalue weighted by atomic mass is 9.77. The number of amides is 2. The van der Waals surface area contributed by atoms with Crippen LogP contribution < -0.4 is 5.32 Å². The highest BCUT2D eigenvalue weighted by atomic mass is 79.9. The Morgan fingerprint density at radius 1 is 1.42 bits per heavy atom. The standard InChI is InChI=1S/C13H15BrN2O3/c14-11-9(1-6-19-11)12(18)16-4-2-13(3-5-16)7-10(17)15-8-13/h1,6H,2-5,7-8H2,(H,15,17). The molecule has 2 aliphatic rings. The quantitative estimate of drug-likeness (QED) is 0.855. The van der Waals surface area contributed by atoms with Crippen LogP contribution in [0.2, 0.25) is 0 Å². The van der Waals surface area contributed by atoms with E-state index in [1.165, 1.54) is 6.26 Å². The van der Waals surface area contributed by atoms with E-state index in [1.54, 1.807) is 6.07 Å². The van der Waals surface area contributed by atoms with E-state index in [0.717, 1.165) is 19.4 Å². The molecule has 0 aromatic carbocycles. The highest BCUT2D eigenvalue weighted by Gasteiger charge is 2.41. The fourth-order valence-corrected chi connectivity index (χ4v) is 3.32. The first kappa shape index (κ1) is 12.7. The van der Waals surface area contributed by atoms with E-state index in [4.69, 9.17) is 4.42 Å². The molecule has 3 rings (SSSR count). The van der Waals surface area contributed by atoms with Crippen molar-refractivity contribution in [2.24, 2.45) is 5.41 Å². The van der Waals surface area contributed by atoms with Gasteiger partial charge >= 0.3 is 0 Å². The van der Waals surface area contributed by atoms with E-state index in [0.29, 0.717) is 29.7 Å². The number of rotatable bonds is 1. The summed E-state index contributed by atoms with van der Waals surface area (Å²) in [5, 5.41) is 2.90. The number of halogens is 1. The number of likely N-dealkylation sites (tertiary alicyclic amines) is 1. The lowest BCUT2D eigenvalue weighted by molar-refractivity contribution is -0.119. The number of carbonyl (C=O) groups is 2. The fourth-order valence-electron chi connectivity index (χ4n) is 2.91. The Morgan fingerprint density at radius 3 is 2.68 bits per heavy atom. The number of carbonyl (C=O) groups excluding carboxylic acids is 2. The first-order valence-corrected chi connectivity index (χ1v) is 7.18. The molecule has 102 valence electrons. The summed E-state index contributed by atoms with van der Waals surface area (Å²) in [5.41, 5.74) is 0.637. The summed E-state index contributed by atoms with van der Waals surface area (Å²) in [4.78, 5) is 25.5. The molecule has 0 saturated carbocycles. The predicted octanol–water partition coefficient (Wildman–Crippen LogP) is 1.78. The summed E-state index contributed by atoms with van der Waals surface area (Å²) in [5.74, 6) is 0.130. The van der Waals surface area contributed by atoms with E-state index in [2.05, 4.69) is 21.2 Å². The summed E-state index contributed by atoms with van der Waals surface area (Å²) in [6.07, 6.45) is 3.87. The zero-order valence-corrected chi connectivity index (χ0v) is 12.0. The van der Waals surface area contributed by atoms with E-state index in [1.807, 2.05) is 4.90 Å². The van der Waals surface area contributed by atoms with Crippen LogP contribution in [0, 0.1) is 5.41 Å². The van der Waals surface area contributed by atoms with Crippen molar-refractivity contribution in [1.29, 1.82) is 0 Å². The zero-order chi connectivity index (χ0) is 13.5. The van der Waals surface area contributed by atoms with Crippen LogP contribution >= 0.6 is 15.9 Å². The average Bonchev–Trinajstić information content (AvgIpc) is 2.97. The Bertz CT molecular complexity index is 518. The molecular formula is C13H15BrN2O3. The molecular weight excluding hydrogens is 312 g/mol. The topological polar surface area (TPSA) is 62.6 Å². The second-order valence-corrected chi connectivity index (χ2v) is 6.07. The van der Waals surface area contributed by atoms with Gasteiger partial charge in [0.25, 0.3) is 5.91 Å². The van der Waals surface area contributed by atoms with Crippen molar-refractivity contribution in [3.63, 3.8) is 0 Å². The summed E-state index contributed by atoms with van der Waals surface area (Å²) >= 11 is 3.23. The Kier molecular flexibility index (Phi) is 3.12. The molecule has 2 amide bonds. The Morgan fingerprint density at radius 2 is 2.16 bits per heavy atom. The van der Waals surface area contributed by atoms with Crippen LogP contribution in [0.4, 0.5) is 0 Å². The van der Waals surface area contributed by atoms with Crippen LogP contribution in [0.1, 0.15) is 29.6 Å². The van der Waals surface area contributed by atoms with E-state index in [9.17, 15) is 9.59 Å². The normalized spacial score (nSPS) is 21.7. The van der Waals surface area contributed by atoms with Gasteiger partial charge in [0.05, 0.1) is 11.8 Å². The zero-order valence-electron chi connectivity index (χ0n) is 10.4. The second kappa shape index (κ2) is 4.67. The third-order valence-electron chi connectivity index (χ3n) is 4.16. The summed E-state index contributed by atoms with van der Waals surface area (Å²) in [6.45, 7) is 2.15. The summed E-state index contributed by atoms with van der Waals surface area (Å²) in [7, 11) is 0. The van der Waals surface area contributed by atoms with E-state index >= 15 is 0 Å². The van der Waals surface area contributed by atoms with Crippen LogP contribution in [0.25, 0.3) is 0 Å². The summed E-state index contributed by atoms with van der Waals surface area (Å²) < 4.78 is 5.58. The van der Waals surface area contributed by atoms with Crippen molar-refractivity contribution < 1.29 is 14.0 Å². The molecule has 2 fully saturated rings. The predicted molar refractivity (Wildman–Crippen MR) is 71.6 cm³/mol. The molecule has 6 heteroatoms. The van der Waals surface area contributed by atoms with Crippen molar-refractivity contribution in [1.82, 2.24) is 10.2 Å². The van der Waals surface area contributed by atoms with Gasteiger partial charge in [0.15, 0.2) is 4.67 Å². The number of furan rings is 1. The molecule has 19 heavy (non-hydrogen) atoms.